The molecule has 114 valence electrons. The molecule has 0 saturated carbocycles. The summed E-state index contributed by atoms with van der Waals surface area (Å²) in [6, 6.07) is 15.7. The van der Waals surface area contributed by atoms with Crippen LogP contribution < -0.4 is 15.5 Å². The number of benzene rings is 2. The summed E-state index contributed by atoms with van der Waals surface area (Å²) in [5.41, 5.74) is 6.82. The van der Waals surface area contributed by atoms with E-state index >= 15 is 0 Å². The lowest BCUT2D eigenvalue weighted by atomic mass is 10.1. The zero-order chi connectivity index (χ0) is 15.9. The highest BCUT2D eigenvalue weighted by Crippen LogP contribution is 2.12. The van der Waals surface area contributed by atoms with Crippen molar-refractivity contribution in [3.63, 3.8) is 0 Å². The Hall–Kier alpha value is -2.40. The Morgan fingerprint density at radius 1 is 1.14 bits per heavy atom. The molecular formula is C17H19N3OS. The highest BCUT2D eigenvalue weighted by atomic mass is 32.1. The molecule has 0 spiro atoms. The largest absolute Gasteiger partial charge is 0.497 e. The first-order valence-electron chi connectivity index (χ1n) is 6.91. The second kappa shape index (κ2) is 7.56. The molecule has 2 N–H and O–H groups in total. The number of hydrogen-bond donors (Lipinski definition) is 2. The summed E-state index contributed by atoms with van der Waals surface area (Å²) in [7, 11) is 1.65. The highest BCUT2D eigenvalue weighted by molar-refractivity contribution is 7.80. The molecule has 0 fully saturated rings. The van der Waals surface area contributed by atoms with Crippen LogP contribution in [0, 0.1) is 6.92 Å². The smallest absolute Gasteiger partial charge is 0.191 e. The van der Waals surface area contributed by atoms with Crippen LogP contribution in [0.1, 0.15) is 18.1 Å². The van der Waals surface area contributed by atoms with Crippen molar-refractivity contribution in [2.24, 2.45) is 5.10 Å². The zero-order valence-electron chi connectivity index (χ0n) is 12.9. The van der Waals surface area contributed by atoms with Gasteiger partial charge in [-0.1, -0.05) is 12.1 Å². The second-order valence-electron chi connectivity index (χ2n) is 4.86. The van der Waals surface area contributed by atoms with Gasteiger partial charge < -0.3 is 10.1 Å². The fourth-order valence-corrected chi connectivity index (χ4v) is 2.08. The Morgan fingerprint density at radius 3 is 2.50 bits per heavy atom. The van der Waals surface area contributed by atoms with E-state index < -0.39 is 0 Å². The van der Waals surface area contributed by atoms with Crippen LogP contribution in [0.3, 0.4) is 0 Å². The first-order chi connectivity index (χ1) is 10.6. The summed E-state index contributed by atoms with van der Waals surface area (Å²) in [4.78, 5) is 0. The van der Waals surface area contributed by atoms with E-state index in [2.05, 4.69) is 15.8 Å². The molecule has 4 nitrogen and oxygen atoms in total. The van der Waals surface area contributed by atoms with Crippen LogP contribution in [0.25, 0.3) is 0 Å². The number of rotatable bonds is 4. The van der Waals surface area contributed by atoms with Crippen molar-refractivity contribution in [3.05, 3.63) is 59.7 Å². The van der Waals surface area contributed by atoms with Gasteiger partial charge in [0.25, 0.3) is 0 Å². The summed E-state index contributed by atoms with van der Waals surface area (Å²) < 4.78 is 5.14. The maximum absolute atomic E-state index is 5.24. The molecule has 2 rings (SSSR count). The molecule has 2 aromatic rings. The van der Waals surface area contributed by atoms with Crippen LogP contribution in [0.15, 0.2) is 53.6 Å². The summed E-state index contributed by atoms with van der Waals surface area (Å²) in [6.07, 6.45) is 0. The van der Waals surface area contributed by atoms with Crippen LogP contribution in [0.5, 0.6) is 5.75 Å². The molecule has 0 aromatic heterocycles. The lowest BCUT2D eigenvalue weighted by molar-refractivity contribution is 0.415. The number of hydrazone groups is 1. The predicted molar refractivity (Wildman–Crippen MR) is 95.7 cm³/mol. The van der Waals surface area contributed by atoms with Gasteiger partial charge in [0, 0.05) is 5.69 Å². The minimum atomic E-state index is 0.457. The van der Waals surface area contributed by atoms with Crippen LogP contribution in [0.4, 0.5) is 5.69 Å². The van der Waals surface area contributed by atoms with Gasteiger partial charge in [0.15, 0.2) is 5.11 Å². The minimum absolute atomic E-state index is 0.457. The van der Waals surface area contributed by atoms with Gasteiger partial charge >= 0.3 is 0 Å². The molecule has 5 heteroatoms. The van der Waals surface area contributed by atoms with E-state index in [9.17, 15) is 0 Å². The number of hydrogen-bond acceptors (Lipinski definition) is 3. The predicted octanol–water partition coefficient (Wildman–Crippen LogP) is 3.71. The Bertz CT molecular complexity index is 681. The lowest BCUT2D eigenvalue weighted by Gasteiger charge is -2.09. The number of methoxy groups -OCH3 is 1. The molecule has 0 atom stereocenters. The number of anilines is 1. The fourth-order valence-electron chi connectivity index (χ4n) is 1.91. The van der Waals surface area contributed by atoms with Gasteiger partial charge in [0.2, 0.25) is 0 Å². The van der Waals surface area contributed by atoms with Gasteiger partial charge in [-0.05, 0) is 73.6 Å². The van der Waals surface area contributed by atoms with E-state index in [1.54, 1.807) is 7.11 Å². The van der Waals surface area contributed by atoms with Crippen molar-refractivity contribution in [1.29, 1.82) is 0 Å². The first kappa shape index (κ1) is 16.0. The monoisotopic (exact) mass is 313 g/mol. The number of thiocarbonyl (C=S) groups is 1. The number of aryl methyl sites for hydroxylation is 1. The molecular weight excluding hydrogens is 294 g/mol. The molecule has 0 aliphatic heterocycles. The second-order valence-corrected chi connectivity index (χ2v) is 5.27. The maximum Gasteiger partial charge on any atom is 0.191 e. The van der Waals surface area contributed by atoms with E-state index in [1.807, 2.05) is 62.4 Å². The van der Waals surface area contributed by atoms with Gasteiger partial charge in [0.05, 0.1) is 12.8 Å². The first-order valence-corrected chi connectivity index (χ1v) is 7.31. The van der Waals surface area contributed by atoms with Gasteiger partial charge in [0.1, 0.15) is 5.75 Å². The van der Waals surface area contributed by atoms with E-state index in [4.69, 9.17) is 17.0 Å². The van der Waals surface area contributed by atoms with Crippen LogP contribution in [-0.2, 0) is 0 Å². The SMILES string of the molecule is COc1ccc(/C(C)=N\NC(=S)Nc2cccc(C)c2)cc1. The Labute approximate surface area is 136 Å². The average molecular weight is 313 g/mol. The molecule has 0 radical (unpaired) electrons. The van der Waals surface area contributed by atoms with E-state index in [0.29, 0.717) is 5.11 Å². The number of nitrogens with zero attached hydrogens (tertiary/aromatic N) is 1. The van der Waals surface area contributed by atoms with Gasteiger partial charge in [-0.25, -0.2) is 0 Å². The van der Waals surface area contributed by atoms with Gasteiger partial charge in [-0.15, -0.1) is 0 Å². The normalized spacial score (nSPS) is 11.0. The molecule has 22 heavy (non-hydrogen) atoms. The molecule has 2 aromatic carbocycles. The lowest BCUT2D eigenvalue weighted by Crippen LogP contribution is -2.25. The molecule has 0 aliphatic carbocycles. The fraction of sp³-hybridized carbons (Fsp3) is 0.176. The Balaban J connectivity index is 1.96. The molecule has 0 saturated heterocycles. The molecule has 0 heterocycles. The van der Waals surface area contributed by atoms with E-state index in [1.165, 1.54) is 5.56 Å². The summed E-state index contributed by atoms with van der Waals surface area (Å²) >= 11 is 5.24. The van der Waals surface area contributed by atoms with Crippen molar-refractivity contribution in [2.75, 3.05) is 12.4 Å². The topological polar surface area (TPSA) is 45.6 Å². The van der Waals surface area contributed by atoms with Crippen molar-refractivity contribution in [2.45, 2.75) is 13.8 Å². The standard InChI is InChI=1S/C17H19N3OS/c1-12-5-4-6-15(11-12)18-17(22)20-19-13(2)14-7-9-16(21-3)10-8-14/h4-11H,1-3H3,(H2,18,20,22)/b19-13-. The quantitative estimate of drug-likeness (QED) is 0.513. The number of ether oxygens (including phenoxy) is 1. The summed E-state index contributed by atoms with van der Waals surface area (Å²) in [6.45, 7) is 3.96. The molecule has 0 unspecified atom stereocenters. The molecule has 0 bridgehead atoms. The summed E-state index contributed by atoms with van der Waals surface area (Å²) in [5.74, 6) is 0.821. The average Bonchev–Trinajstić information content (AvgIpc) is 2.52. The number of nitrogens with one attached hydrogen (secondary N) is 2. The van der Waals surface area contributed by atoms with E-state index in [0.717, 1.165) is 22.7 Å². The maximum atomic E-state index is 5.24. The third-order valence-electron chi connectivity index (χ3n) is 3.11. The van der Waals surface area contributed by atoms with Crippen LogP contribution >= 0.6 is 12.2 Å². The third-order valence-corrected chi connectivity index (χ3v) is 3.30. The minimum Gasteiger partial charge on any atom is -0.497 e. The summed E-state index contributed by atoms with van der Waals surface area (Å²) in [5, 5.41) is 7.85. The van der Waals surface area contributed by atoms with Crippen molar-refractivity contribution in [1.82, 2.24) is 5.43 Å². The van der Waals surface area contributed by atoms with Gasteiger partial charge in [-0.2, -0.15) is 5.10 Å². The molecule has 0 aliphatic rings. The Kier molecular flexibility index (Phi) is 5.49. The zero-order valence-corrected chi connectivity index (χ0v) is 13.7. The Morgan fingerprint density at radius 2 is 1.86 bits per heavy atom. The van der Waals surface area contributed by atoms with Crippen LogP contribution in [0.2, 0.25) is 0 Å². The van der Waals surface area contributed by atoms with Crippen molar-refractivity contribution >= 4 is 28.7 Å². The highest BCUT2D eigenvalue weighted by Gasteiger charge is 2.00. The molecule has 0 amide bonds. The van der Waals surface area contributed by atoms with Crippen molar-refractivity contribution in [3.8, 4) is 5.75 Å². The van der Waals surface area contributed by atoms with Crippen molar-refractivity contribution < 1.29 is 4.74 Å². The third kappa shape index (κ3) is 4.56. The van der Waals surface area contributed by atoms with Gasteiger partial charge in [-0.3, -0.25) is 5.43 Å². The van der Waals surface area contributed by atoms with Crippen LogP contribution in [-0.4, -0.2) is 17.9 Å². The van der Waals surface area contributed by atoms with E-state index in [-0.39, 0.29) is 0 Å².